The van der Waals surface area contributed by atoms with E-state index in [9.17, 15) is 9.59 Å². The van der Waals surface area contributed by atoms with Crippen LogP contribution in [0.1, 0.15) is 28.5 Å². The van der Waals surface area contributed by atoms with Gasteiger partial charge in [-0.05, 0) is 31.2 Å². The zero-order chi connectivity index (χ0) is 16.7. The van der Waals surface area contributed by atoms with Gasteiger partial charge in [-0.1, -0.05) is 5.16 Å². The Bertz CT molecular complexity index is 670. The van der Waals surface area contributed by atoms with Gasteiger partial charge in [-0.2, -0.15) is 4.98 Å². The van der Waals surface area contributed by atoms with Crippen molar-refractivity contribution >= 4 is 23.6 Å². The van der Waals surface area contributed by atoms with Crippen LogP contribution in [0.15, 0.2) is 33.7 Å². The highest BCUT2D eigenvalue weighted by Crippen LogP contribution is 2.22. The number of ether oxygens (including phenoxy) is 1. The van der Waals surface area contributed by atoms with E-state index in [0.29, 0.717) is 23.0 Å². The van der Waals surface area contributed by atoms with Gasteiger partial charge in [-0.3, -0.25) is 9.59 Å². The third kappa shape index (κ3) is 5.41. The van der Waals surface area contributed by atoms with E-state index in [4.69, 9.17) is 4.52 Å². The first-order valence-electron chi connectivity index (χ1n) is 6.95. The Morgan fingerprint density at radius 2 is 2.04 bits per heavy atom. The summed E-state index contributed by atoms with van der Waals surface area (Å²) < 4.78 is 9.55. The fraction of sp³-hybridized carbons (Fsp3) is 0.333. The van der Waals surface area contributed by atoms with Gasteiger partial charge in [0.25, 0.3) is 5.91 Å². The summed E-state index contributed by atoms with van der Waals surface area (Å²) in [6.07, 6.45) is 0.153. The quantitative estimate of drug-likeness (QED) is 0.610. The number of nitrogens with one attached hydrogen (secondary N) is 1. The molecule has 1 heterocycles. The molecule has 2 rings (SSSR count). The SMILES string of the molecule is COC(=O)CCNC(=O)c1ccc(SCc2nc(C)no2)cc1. The topological polar surface area (TPSA) is 94.3 Å². The Kier molecular flexibility index (Phi) is 6.16. The minimum atomic E-state index is -0.353. The van der Waals surface area contributed by atoms with E-state index in [1.54, 1.807) is 30.8 Å². The molecule has 0 fully saturated rings. The van der Waals surface area contributed by atoms with Gasteiger partial charge < -0.3 is 14.6 Å². The second kappa shape index (κ2) is 8.33. The van der Waals surface area contributed by atoms with Crippen molar-refractivity contribution in [2.75, 3.05) is 13.7 Å². The summed E-state index contributed by atoms with van der Waals surface area (Å²) in [5.41, 5.74) is 0.535. The lowest BCUT2D eigenvalue weighted by molar-refractivity contribution is -0.140. The van der Waals surface area contributed by atoms with Gasteiger partial charge in [0.05, 0.1) is 19.3 Å². The number of esters is 1. The van der Waals surface area contributed by atoms with Crippen molar-refractivity contribution in [3.05, 3.63) is 41.5 Å². The van der Waals surface area contributed by atoms with Crippen molar-refractivity contribution in [3.8, 4) is 0 Å². The number of aromatic nitrogens is 2. The number of nitrogens with zero attached hydrogens (tertiary/aromatic N) is 2. The number of carbonyl (C=O) groups is 2. The van der Waals surface area contributed by atoms with E-state index in [1.165, 1.54) is 7.11 Å². The predicted octanol–water partition coefficient (Wildman–Crippen LogP) is 1.96. The number of carbonyl (C=O) groups excluding carboxylic acids is 2. The normalized spacial score (nSPS) is 10.3. The van der Waals surface area contributed by atoms with Crippen LogP contribution in [0, 0.1) is 6.92 Å². The van der Waals surface area contributed by atoms with Gasteiger partial charge in [0.1, 0.15) is 0 Å². The van der Waals surface area contributed by atoms with Crippen molar-refractivity contribution in [1.82, 2.24) is 15.5 Å². The highest BCUT2D eigenvalue weighted by molar-refractivity contribution is 7.98. The molecule has 0 aliphatic rings. The molecule has 7 nitrogen and oxygen atoms in total. The second-order valence-electron chi connectivity index (χ2n) is 4.63. The monoisotopic (exact) mass is 335 g/mol. The number of methoxy groups -OCH3 is 1. The molecule has 0 saturated carbocycles. The first-order chi connectivity index (χ1) is 11.1. The molecule has 0 atom stereocenters. The van der Waals surface area contributed by atoms with Gasteiger partial charge in [-0.15, -0.1) is 11.8 Å². The van der Waals surface area contributed by atoms with Crippen molar-refractivity contribution in [2.24, 2.45) is 0 Å². The minimum Gasteiger partial charge on any atom is -0.469 e. The first kappa shape index (κ1) is 17.0. The molecule has 0 spiro atoms. The van der Waals surface area contributed by atoms with E-state index in [0.717, 1.165) is 4.90 Å². The summed E-state index contributed by atoms with van der Waals surface area (Å²) >= 11 is 1.54. The summed E-state index contributed by atoms with van der Waals surface area (Å²) in [6.45, 7) is 2.02. The van der Waals surface area contributed by atoms with Crippen LogP contribution < -0.4 is 5.32 Å². The maximum absolute atomic E-state index is 11.9. The number of benzene rings is 1. The smallest absolute Gasteiger partial charge is 0.307 e. The van der Waals surface area contributed by atoms with Crippen LogP contribution in [0.3, 0.4) is 0 Å². The summed E-state index contributed by atoms with van der Waals surface area (Å²) in [7, 11) is 1.32. The standard InChI is InChI=1S/C15H17N3O4S/c1-10-17-13(22-18-10)9-23-12-5-3-11(4-6-12)15(20)16-8-7-14(19)21-2/h3-6H,7-9H2,1-2H3,(H,16,20). The van der Waals surface area contributed by atoms with E-state index in [1.807, 2.05) is 12.1 Å². The molecule has 2 aromatic rings. The van der Waals surface area contributed by atoms with E-state index in [-0.39, 0.29) is 24.8 Å². The van der Waals surface area contributed by atoms with E-state index in [2.05, 4.69) is 20.2 Å². The zero-order valence-electron chi connectivity index (χ0n) is 12.9. The molecule has 0 aliphatic heterocycles. The summed E-state index contributed by atoms with van der Waals surface area (Å²) in [5.74, 6) is 1.17. The maximum atomic E-state index is 11.9. The molecular weight excluding hydrogens is 318 g/mol. The van der Waals surface area contributed by atoms with Crippen LogP contribution >= 0.6 is 11.8 Å². The number of rotatable bonds is 7. The van der Waals surface area contributed by atoms with Crippen LogP contribution in [-0.4, -0.2) is 35.7 Å². The summed E-state index contributed by atoms with van der Waals surface area (Å²) in [5, 5.41) is 6.39. The van der Waals surface area contributed by atoms with Crippen LogP contribution in [0.25, 0.3) is 0 Å². The average molecular weight is 335 g/mol. The molecule has 0 aliphatic carbocycles. The number of aryl methyl sites for hydroxylation is 1. The lowest BCUT2D eigenvalue weighted by atomic mass is 10.2. The molecule has 1 amide bonds. The summed E-state index contributed by atoms with van der Waals surface area (Å²) in [6, 6.07) is 7.16. The molecule has 23 heavy (non-hydrogen) atoms. The second-order valence-corrected chi connectivity index (χ2v) is 5.68. The third-order valence-electron chi connectivity index (χ3n) is 2.89. The number of hydrogen-bond donors (Lipinski definition) is 1. The minimum absolute atomic E-state index is 0.153. The number of amides is 1. The lowest BCUT2D eigenvalue weighted by Gasteiger charge is -2.05. The maximum Gasteiger partial charge on any atom is 0.307 e. The van der Waals surface area contributed by atoms with Gasteiger partial charge in [0, 0.05) is 17.0 Å². The highest BCUT2D eigenvalue weighted by Gasteiger charge is 2.08. The molecule has 1 aromatic carbocycles. The Hall–Kier alpha value is -2.35. The molecule has 0 saturated heterocycles. The molecule has 1 N–H and O–H groups in total. The lowest BCUT2D eigenvalue weighted by Crippen LogP contribution is -2.26. The van der Waals surface area contributed by atoms with Gasteiger partial charge in [0.15, 0.2) is 5.82 Å². The number of thioether (sulfide) groups is 1. The summed E-state index contributed by atoms with van der Waals surface area (Å²) in [4.78, 5) is 28.0. The van der Waals surface area contributed by atoms with Crippen molar-refractivity contribution < 1.29 is 18.8 Å². The van der Waals surface area contributed by atoms with Crippen molar-refractivity contribution in [1.29, 1.82) is 0 Å². The Morgan fingerprint density at radius 3 is 2.65 bits per heavy atom. The average Bonchev–Trinajstić information content (AvgIpc) is 2.98. The van der Waals surface area contributed by atoms with Crippen molar-refractivity contribution in [2.45, 2.75) is 24.0 Å². The Balaban J connectivity index is 1.81. The van der Waals surface area contributed by atoms with Gasteiger partial charge in [-0.25, -0.2) is 0 Å². The fourth-order valence-electron chi connectivity index (χ4n) is 1.73. The predicted molar refractivity (Wildman–Crippen MR) is 84.0 cm³/mol. The van der Waals surface area contributed by atoms with Crippen molar-refractivity contribution in [3.63, 3.8) is 0 Å². The molecule has 8 heteroatoms. The van der Waals surface area contributed by atoms with E-state index >= 15 is 0 Å². The molecule has 1 aromatic heterocycles. The first-order valence-corrected chi connectivity index (χ1v) is 7.94. The van der Waals surface area contributed by atoms with Gasteiger partial charge >= 0.3 is 5.97 Å². The zero-order valence-corrected chi connectivity index (χ0v) is 13.7. The molecule has 122 valence electrons. The van der Waals surface area contributed by atoms with Crippen LogP contribution in [0.4, 0.5) is 0 Å². The molecule has 0 unspecified atom stereocenters. The van der Waals surface area contributed by atoms with Crippen LogP contribution in [-0.2, 0) is 15.3 Å². The molecule has 0 bridgehead atoms. The van der Waals surface area contributed by atoms with Gasteiger partial charge in [0.2, 0.25) is 5.89 Å². The Labute approximate surface area is 137 Å². The van der Waals surface area contributed by atoms with Crippen LogP contribution in [0.2, 0.25) is 0 Å². The Morgan fingerprint density at radius 1 is 1.30 bits per heavy atom. The molecule has 0 radical (unpaired) electrons. The largest absolute Gasteiger partial charge is 0.469 e. The number of hydrogen-bond acceptors (Lipinski definition) is 7. The highest BCUT2D eigenvalue weighted by atomic mass is 32.2. The van der Waals surface area contributed by atoms with E-state index < -0.39 is 0 Å². The fourth-order valence-corrected chi connectivity index (χ4v) is 2.46. The molecular formula is C15H17N3O4S. The van der Waals surface area contributed by atoms with Crippen LogP contribution in [0.5, 0.6) is 0 Å². The third-order valence-corrected chi connectivity index (χ3v) is 3.89.